The summed E-state index contributed by atoms with van der Waals surface area (Å²) >= 11 is 6.23. The molecule has 0 saturated carbocycles. The molecular weight excluding hydrogens is 276 g/mol. The summed E-state index contributed by atoms with van der Waals surface area (Å²) in [6.07, 6.45) is 0. The Morgan fingerprint density at radius 2 is 2.25 bits per heavy atom. The first-order valence-corrected chi connectivity index (χ1v) is 7.22. The molecule has 0 bridgehead atoms. The van der Waals surface area contributed by atoms with Crippen LogP contribution in [0.5, 0.6) is 0 Å². The molecule has 1 aliphatic heterocycles. The van der Waals surface area contributed by atoms with Crippen LogP contribution >= 0.6 is 11.6 Å². The molecule has 110 valence electrons. The normalized spacial score (nSPS) is 19.6. The molecule has 4 nitrogen and oxygen atoms in total. The van der Waals surface area contributed by atoms with Crippen molar-refractivity contribution in [3.63, 3.8) is 0 Å². The molecule has 0 aliphatic carbocycles. The maximum Gasteiger partial charge on any atom is 0.239 e. The minimum atomic E-state index is -0.259. The second-order valence-electron chi connectivity index (χ2n) is 5.66. The molecule has 1 aromatic carbocycles. The average Bonchev–Trinajstić information content (AvgIpc) is 2.46. The van der Waals surface area contributed by atoms with Gasteiger partial charge in [0, 0.05) is 23.5 Å². The highest BCUT2D eigenvalue weighted by molar-refractivity contribution is 6.31. The molecule has 1 atom stereocenters. The third-order valence-electron chi connectivity index (χ3n) is 3.55. The summed E-state index contributed by atoms with van der Waals surface area (Å²) in [5, 5.41) is 6.85. The van der Waals surface area contributed by atoms with Crippen LogP contribution in [0.2, 0.25) is 5.02 Å². The highest BCUT2D eigenvalue weighted by Gasteiger charge is 2.26. The van der Waals surface area contributed by atoms with Crippen LogP contribution in [-0.4, -0.2) is 38.3 Å². The van der Waals surface area contributed by atoms with Crippen LogP contribution in [0.25, 0.3) is 0 Å². The minimum absolute atomic E-state index is 0.0233. The highest BCUT2D eigenvalue weighted by Crippen LogP contribution is 2.28. The Kier molecular flexibility index (Phi) is 5.02. The molecule has 1 fully saturated rings. The molecule has 1 unspecified atom stereocenters. The van der Waals surface area contributed by atoms with Crippen molar-refractivity contribution >= 4 is 17.5 Å². The first-order chi connectivity index (χ1) is 9.50. The zero-order valence-electron chi connectivity index (χ0n) is 11.9. The fourth-order valence-corrected chi connectivity index (χ4v) is 2.66. The van der Waals surface area contributed by atoms with Gasteiger partial charge in [0.05, 0.1) is 13.2 Å². The first kappa shape index (κ1) is 15.3. The van der Waals surface area contributed by atoms with Crippen molar-refractivity contribution in [3.8, 4) is 0 Å². The van der Waals surface area contributed by atoms with E-state index in [2.05, 4.69) is 24.5 Å². The molecule has 0 aromatic heterocycles. The van der Waals surface area contributed by atoms with Crippen LogP contribution in [0.15, 0.2) is 24.3 Å². The average molecular weight is 297 g/mol. The lowest BCUT2D eigenvalue weighted by molar-refractivity contribution is -0.126. The van der Waals surface area contributed by atoms with Gasteiger partial charge < -0.3 is 15.4 Å². The molecule has 5 heteroatoms. The van der Waals surface area contributed by atoms with E-state index in [4.69, 9.17) is 16.3 Å². The van der Waals surface area contributed by atoms with Gasteiger partial charge in [-0.1, -0.05) is 43.6 Å². The van der Waals surface area contributed by atoms with Crippen molar-refractivity contribution in [1.82, 2.24) is 10.6 Å². The maximum atomic E-state index is 12.1. The largest absolute Gasteiger partial charge is 0.378 e. The Morgan fingerprint density at radius 1 is 1.50 bits per heavy atom. The Labute approximate surface area is 124 Å². The van der Waals surface area contributed by atoms with Crippen LogP contribution < -0.4 is 10.6 Å². The van der Waals surface area contributed by atoms with E-state index >= 15 is 0 Å². The van der Waals surface area contributed by atoms with Gasteiger partial charge in [0.25, 0.3) is 0 Å². The Morgan fingerprint density at radius 3 is 2.90 bits per heavy atom. The van der Waals surface area contributed by atoms with E-state index in [-0.39, 0.29) is 17.4 Å². The fraction of sp³-hybridized carbons (Fsp3) is 0.533. The van der Waals surface area contributed by atoms with Crippen LogP contribution in [0.3, 0.4) is 0 Å². The van der Waals surface area contributed by atoms with E-state index in [9.17, 15) is 4.79 Å². The number of hydrogen-bond donors (Lipinski definition) is 2. The van der Waals surface area contributed by atoms with E-state index in [0.29, 0.717) is 26.3 Å². The van der Waals surface area contributed by atoms with Gasteiger partial charge in [-0.2, -0.15) is 0 Å². The zero-order chi connectivity index (χ0) is 14.6. The number of carbonyl (C=O) groups is 1. The third-order valence-corrected chi connectivity index (χ3v) is 3.88. The number of amides is 1. The number of benzene rings is 1. The molecule has 1 aromatic rings. The van der Waals surface area contributed by atoms with Gasteiger partial charge in [-0.15, -0.1) is 0 Å². The van der Waals surface area contributed by atoms with Crippen molar-refractivity contribution in [2.45, 2.75) is 25.3 Å². The van der Waals surface area contributed by atoms with Gasteiger partial charge in [-0.05, 0) is 11.6 Å². The second kappa shape index (κ2) is 6.57. The lowest BCUT2D eigenvalue weighted by Crippen LogP contribution is -2.52. The first-order valence-electron chi connectivity index (χ1n) is 6.84. The molecule has 20 heavy (non-hydrogen) atoms. The third kappa shape index (κ3) is 3.72. The quantitative estimate of drug-likeness (QED) is 0.889. The van der Waals surface area contributed by atoms with Gasteiger partial charge in [0.2, 0.25) is 5.91 Å². The van der Waals surface area contributed by atoms with Crippen molar-refractivity contribution < 1.29 is 9.53 Å². The summed E-state index contributed by atoms with van der Waals surface area (Å²) < 4.78 is 5.29. The van der Waals surface area contributed by atoms with Gasteiger partial charge in [0.1, 0.15) is 6.04 Å². The summed E-state index contributed by atoms with van der Waals surface area (Å²) in [7, 11) is 0. The van der Waals surface area contributed by atoms with Crippen molar-refractivity contribution in [2.75, 3.05) is 26.3 Å². The number of rotatable bonds is 4. The van der Waals surface area contributed by atoms with E-state index < -0.39 is 0 Å². The van der Waals surface area contributed by atoms with Crippen LogP contribution in [0.1, 0.15) is 19.4 Å². The molecule has 1 aliphatic rings. The number of ether oxygens (including phenoxy) is 1. The standard InChI is InChI=1S/C15H21ClN2O2/c1-15(2,11-5-3-4-6-12(11)16)10-18-14(19)13-9-20-8-7-17-13/h3-6,13,17H,7-10H2,1-2H3,(H,18,19). The van der Waals surface area contributed by atoms with E-state index in [1.807, 2.05) is 24.3 Å². The number of halogens is 1. The monoisotopic (exact) mass is 296 g/mol. The summed E-state index contributed by atoms with van der Waals surface area (Å²) in [6.45, 7) is 6.48. The van der Waals surface area contributed by atoms with Crippen LogP contribution in [0, 0.1) is 0 Å². The van der Waals surface area contributed by atoms with E-state index in [0.717, 1.165) is 10.6 Å². The SMILES string of the molecule is CC(C)(CNC(=O)C1COCCN1)c1ccccc1Cl. The molecule has 1 amide bonds. The summed E-state index contributed by atoms with van der Waals surface area (Å²) in [5.74, 6) is -0.0233. The number of carbonyl (C=O) groups excluding carboxylic acids is 1. The predicted octanol–water partition coefficient (Wildman–Crippen LogP) is 1.72. The molecule has 2 rings (SSSR count). The summed E-state index contributed by atoms with van der Waals surface area (Å²) in [4.78, 5) is 12.1. The molecule has 1 saturated heterocycles. The molecule has 0 spiro atoms. The number of nitrogens with one attached hydrogen (secondary N) is 2. The highest BCUT2D eigenvalue weighted by atomic mass is 35.5. The van der Waals surface area contributed by atoms with Crippen LogP contribution in [-0.2, 0) is 14.9 Å². The summed E-state index contributed by atoms with van der Waals surface area (Å²) in [5.41, 5.74) is 0.818. The van der Waals surface area contributed by atoms with E-state index in [1.54, 1.807) is 0 Å². The Hall–Kier alpha value is -1.10. The molecule has 1 heterocycles. The van der Waals surface area contributed by atoms with Gasteiger partial charge in [0.15, 0.2) is 0 Å². The zero-order valence-corrected chi connectivity index (χ0v) is 12.7. The lowest BCUT2D eigenvalue weighted by atomic mass is 9.84. The second-order valence-corrected chi connectivity index (χ2v) is 6.07. The molecule has 0 radical (unpaired) electrons. The molecule has 2 N–H and O–H groups in total. The van der Waals surface area contributed by atoms with Crippen molar-refractivity contribution in [2.24, 2.45) is 0 Å². The topological polar surface area (TPSA) is 50.4 Å². The van der Waals surface area contributed by atoms with Crippen molar-refractivity contribution in [3.05, 3.63) is 34.9 Å². The maximum absolute atomic E-state index is 12.1. The van der Waals surface area contributed by atoms with Gasteiger partial charge >= 0.3 is 0 Å². The fourth-order valence-electron chi connectivity index (χ4n) is 2.27. The Bertz CT molecular complexity index is 471. The minimum Gasteiger partial charge on any atom is -0.378 e. The smallest absolute Gasteiger partial charge is 0.239 e. The van der Waals surface area contributed by atoms with Gasteiger partial charge in [-0.3, -0.25) is 4.79 Å². The van der Waals surface area contributed by atoms with Gasteiger partial charge in [-0.25, -0.2) is 0 Å². The van der Waals surface area contributed by atoms with Crippen molar-refractivity contribution in [1.29, 1.82) is 0 Å². The van der Waals surface area contributed by atoms with E-state index in [1.165, 1.54) is 0 Å². The number of hydrogen-bond acceptors (Lipinski definition) is 3. The van der Waals surface area contributed by atoms with Crippen LogP contribution in [0.4, 0.5) is 0 Å². The lowest BCUT2D eigenvalue weighted by Gasteiger charge is -2.29. The summed E-state index contributed by atoms with van der Waals surface area (Å²) in [6, 6.07) is 7.48. The molecular formula is C15H21ClN2O2. The Balaban J connectivity index is 1.95. The predicted molar refractivity (Wildman–Crippen MR) is 80.1 cm³/mol. The number of morpholine rings is 1.